The predicted octanol–water partition coefficient (Wildman–Crippen LogP) is 5.16. The molecular formula is C23H18BrNO4. The van der Waals surface area contributed by atoms with E-state index in [2.05, 4.69) is 21.2 Å². The van der Waals surface area contributed by atoms with E-state index >= 15 is 0 Å². The fourth-order valence-electron chi connectivity index (χ4n) is 3.28. The van der Waals surface area contributed by atoms with Crippen molar-refractivity contribution in [2.45, 2.75) is 12.5 Å². The fourth-order valence-corrected chi connectivity index (χ4v) is 3.54. The molecule has 1 amide bonds. The summed E-state index contributed by atoms with van der Waals surface area (Å²) < 4.78 is 11.7. The zero-order chi connectivity index (χ0) is 20.4. The summed E-state index contributed by atoms with van der Waals surface area (Å²) in [6.07, 6.45) is 0.109. The average Bonchev–Trinajstić information content (AvgIpc) is 2.75. The van der Waals surface area contributed by atoms with Crippen molar-refractivity contribution in [3.05, 3.63) is 93.5 Å². The Morgan fingerprint density at radius 1 is 1.07 bits per heavy atom. The zero-order valence-electron chi connectivity index (χ0n) is 15.6. The van der Waals surface area contributed by atoms with E-state index < -0.39 is 6.10 Å². The van der Waals surface area contributed by atoms with Crippen molar-refractivity contribution in [2.75, 3.05) is 12.4 Å². The first-order chi connectivity index (χ1) is 14.0. The summed E-state index contributed by atoms with van der Waals surface area (Å²) in [4.78, 5) is 25.1. The van der Waals surface area contributed by atoms with Crippen LogP contribution >= 0.6 is 15.9 Å². The third-order valence-corrected chi connectivity index (χ3v) is 5.36. The van der Waals surface area contributed by atoms with Crippen molar-refractivity contribution in [1.29, 1.82) is 0 Å². The maximum Gasteiger partial charge on any atom is 0.339 e. The van der Waals surface area contributed by atoms with Crippen molar-refractivity contribution >= 4 is 33.5 Å². The molecule has 0 bridgehead atoms. The van der Waals surface area contributed by atoms with Gasteiger partial charge in [0.2, 0.25) is 0 Å². The van der Waals surface area contributed by atoms with Crippen LogP contribution in [0.2, 0.25) is 0 Å². The summed E-state index contributed by atoms with van der Waals surface area (Å²) in [6.45, 7) is 0. The van der Waals surface area contributed by atoms with Gasteiger partial charge in [-0.2, -0.15) is 0 Å². The summed E-state index contributed by atoms with van der Waals surface area (Å²) in [5.41, 5.74) is 3.37. The van der Waals surface area contributed by atoms with E-state index in [0.29, 0.717) is 23.2 Å². The highest BCUT2D eigenvalue weighted by molar-refractivity contribution is 9.10. The quantitative estimate of drug-likeness (QED) is 0.556. The number of fused-ring (bicyclic) bond motifs is 1. The Hall–Kier alpha value is -3.12. The Labute approximate surface area is 176 Å². The number of amides is 1. The monoisotopic (exact) mass is 451 g/mol. The second-order valence-corrected chi connectivity index (χ2v) is 7.62. The molecule has 0 aliphatic carbocycles. The second kappa shape index (κ2) is 8.09. The number of ether oxygens (including phenoxy) is 2. The first-order valence-corrected chi connectivity index (χ1v) is 9.87. The molecule has 3 aromatic carbocycles. The highest BCUT2D eigenvalue weighted by Crippen LogP contribution is 2.32. The largest absolute Gasteiger partial charge is 0.497 e. The molecule has 29 heavy (non-hydrogen) atoms. The maximum absolute atomic E-state index is 12.6. The molecule has 0 radical (unpaired) electrons. The molecule has 5 nitrogen and oxygen atoms in total. The second-order valence-electron chi connectivity index (χ2n) is 6.70. The molecular weight excluding hydrogens is 434 g/mol. The van der Waals surface area contributed by atoms with Crippen LogP contribution in [0.4, 0.5) is 5.69 Å². The van der Waals surface area contributed by atoms with Crippen molar-refractivity contribution in [3.63, 3.8) is 0 Å². The molecule has 1 aliphatic rings. The van der Waals surface area contributed by atoms with Crippen LogP contribution in [0.3, 0.4) is 0 Å². The molecule has 1 atom stereocenters. The lowest BCUT2D eigenvalue weighted by molar-refractivity contribution is 0.0252. The third kappa shape index (κ3) is 4.17. The molecule has 6 heteroatoms. The van der Waals surface area contributed by atoms with Crippen LogP contribution in [0.15, 0.2) is 71.2 Å². The molecule has 4 rings (SSSR count). The van der Waals surface area contributed by atoms with Gasteiger partial charge in [0.15, 0.2) is 0 Å². The normalized spacial score (nSPS) is 15.2. The molecule has 1 aliphatic heterocycles. The van der Waals surface area contributed by atoms with Gasteiger partial charge in [0.05, 0.1) is 12.7 Å². The number of anilines is 1. The number of hydrogen-bond acceptors (Lipinski definition) is 4. The maximum atomic E-state index is 12.6. The molecule has 0 saturated heterocycles. The van der Waals surface area contributed by atoms with Crippen molar-refractivity contribution in [2.24, 2.45) is 0 Å². The van der Waals surface area contributed by atoms with Gasteiger partial charge in [-0.05, 0) is 65.7 Å². The number of methoxy groups -OCH3 is 1. The minimum Gasteiger partial charge on any atom is -0.497 e. The predicted molar refractivity (Wildman–Crippen MR) is 113 cm³/mol. The highest BCUT2D eigenvalue weighted by atomic mass is 79.9. The number of carbonyl (C=O) groups is 2. The summed E-state index contributed by atoms with van der Waals surface area (Å²) in [5.74, 6) is 0.130. The van der Waals surface area contributed by atoms with Crippen LogP contribution in [0.25, 0.3) is 0 Å². The molecule has 0 aromatic heterocycles. The topological polar surface area (TPSA) is 64.6 Å². The van der Waals surface area contributed by atoms with E-state index in [9.17, 15) is 9.59 Å². The van der Waals surface area contributed by atoms with Gasteiger partial charge in [0.1, 0.15) is 11.9 Å². The Morgan fingerprint density at radius 3 is 2.48 bits per heavy atom. The number of esters is 1. The summed E-state index contributed by atoms with van der Waals surface area (Å²) in [6, 6.07) is 19.8. The Balaban J connectivity index is 1.56. The molecule has 0 fully saturated rings. The lowest BCUT2D eigenvalue weighted by atomic mass is 9.93. The summed E-state index contributed by atoms with van der Waals surface area (Å²) in [5, 5.41) is 2.87. The lowest BCUT2D eigenvalue weighted by Crippen LogP contribution is -2.23. The zero-order valence-corrected chi connectivity index (χ0v) is 17.2. The van der Waals surface area contributed by atoms with Gasteiger partial charge < -0.3 is 14.8 Å². The van der Waals surface area contributed by atoms with E-state index in [-0.39, 0.29) is 11.9 Å². The van der Waals surface area contributed by atoms with E-state index in [1.165, 1.54) is 0 Å². The van der Waals surface area contributed by atoms with Gasteiger partial charge in [-0.15, -0.1) is 0 Å². The number of benzene rings is 3. The van der Waals surface area contributed by atoms with Crippen LogP contribution < -0.4 is 10.1 Å². The van der Waals surface area contributed by atoms with E-state index in [4.69, 9.17) is 9.47 Å². The smallest absolute Gasteiger partial charge is 0.339 e. The van der Waals surface area contributed by atoms with Crippen molar-refractivity contribution < 1.29 is 19.1 Å². The van der Waals surface area contributed by atoms with Crippen molar-refractivity contribution in [3.8, 4) is 5.75 Å². The molecule has 0 saturated carbocycles. The minimum atomic E-state index is -0.398. The minimum absolute atomic E-state index is 0.227. The first-order valence-electron chi connectivity index (χ1n) is 9.08. The summed E-state index contributed by atoms with van der Waals surface area (Å²) >= 11 is 3.37. The van der Waals surface area contributed by atoms with Crippen LogP contribution in [0.1, 0.15) is 37.9 Å². The van der Waals surface area contributed by atoms with Gasteiger partial charge in [0.25, 0.3) is 5.91 Å². The molecule has 1 heterocycles. The van der Waals surface area contributed by atoms with Gasteiger partial charge in [-0.1, -0.05) is 28.1 Å². The highest BCUT2D eigenvalue weighted by Gasteiger charge is 2.28. The number of carbonyl (C=O) groups excluding carboxylic acids is 2. The van der Waals surface area contributed by atoms with E-state index in [0.717, 1.165) is 21.3 Å². The van der Waals surface area contributed by atoms with E-state index in [1.807, 2.05) is 48.5 Å². The number of hydrogen-bond donors (Lipinski definition) is 1. The van der Waals surface area contributed by atoms with Crippen LogP contribution in [0.5, 0.6) is 5.75 Å². The Morgan fingerprint density at radius 2 is 1.79 bits per heavy atom. The van der Waals surface area contributed by atoms with Crippen LogP contribution in [0, 0.1) is 0 Å². The van der Waals surface area contributed by atoms with Gasteiger partial charge in [-0.3, -0.25) is 4.79 Å². The average molecular weight is 452 g/mol. The SMILES string of the molecule is COc1ccc(C2Cc3cc(C(=O)Nc4ccc(Br)cc4)ccc3C(=O)O2)cc1. The van der Waals surface area contributed by atoms with Crippen LogP contribution in [-0.2, 0) is 11.2 Å². The molecule has 1 unspecified atom stereocenters. The summed E-state index contributed by atoms with van der Waals surface area (Å²) in [7, 11) is 1.60. The van der Waals surface area contributed by atoms with Gasteiger partial charge in [-0.25, -0.2) is 4.79 Å². The number of rotatable bonds is 4. The van der Waals surface area contributed by atoms with Crippen molar-refractivity contribution in [1.82, 2.24) is 0 Å². The standard InChI is InChI=1S/C23H18BrNO4/c1-28-19-9-2-14(3-10-19)21-13-16-12-15(4-11-20(16)23(27)29-21)22(26)25-18-7-5-17(24)6-8-18/h2-12,21H,13H2,1H3,(H,25,26). The van der Waals surface area contributed by atoms with Gasteiger partial charge >= 0.3 is 5.97 Å². The van der Waals surface area contributed by atoms with Crippen LogP contribution in [-0.4, -0.2) is 19.0 Å². The number of nitrogens with one attached hydrogen (secondary N) is 1. The number of halogens is 1. The van der Waals surface area contributed by atoms with E-state index in [1.54, 1.807) is 25.3 Å². The van der Waals surface area contributed by atoms with Gasteiger partial charge in [0, 0.05) is 22.1 Å². The molecule has 1 N–H and O–H groups in total. The molecule has 0 spiro atoms. The molecule has 3 aromatic rings. The first kappa shape index (κ1) is 19.2. The lowest BCUT2D eigenvalue weighted by Gasteiger charge is -2.25. The number of cyclic esters (lactones) is 1. The third-order valence-electron chi connectivity index (χ3n) is 4.83. The Kier molecular flexibility index (Phi) is 5.36. The Bertz CT molecular complexity index is 1060. The fraction of sp³-hybridized carbons (Fsp3) is 0.130. The molecule has 146 valence electrons.